The van der Waals surface area contributed by atoms with Crippen molar-refractivity contribution in [2.45, 2.75) is 0 Å². The quantitative estimate of drug-likeness (QED) is 0.669. The van der Waals surface area contributed by atoms with Crippen LogP contribution in [0.2, 0.25) is 0 Å². The fourth-order valence-electron chi connectivity index (χ4n) is 1.56. The second-order valence-electron chi connectivity index (χ2n) is 3.83. The van der Waals surface area contributed by atoms with Crippen molar-refractivity contribution in [2.75, 3.05) is 14.2 Å². The van der Waals surface area contributed by atoms with Crippen LogP contribution in [0.15, 0.2) is 46.3 Å². The third-order valence-corrected chi connectivity index (χ3v) is 2.57. The van der Waals surface area contributed by atoms with Crippen LogP contribution in [0.25, 0.3) is 0 Å². The topological polar surface area (TPSA) is 73.1 Å². The SMILES string of the molecule is COc1ccc(C(=O)NN=Cc2ccoc2)cc1OC. The van der Waals surface area contributed by atoms with E-state index in [1.54, 1.807) is 24.3 Å². The van der Waals surface area contributed by atoms with E-state index in [2.05, 4.69) is 10.5 Å². The van der Waals surface area contributed by atoms with Crippen LogP contribution in [-0.2, 0) is 0 Å². The number of rotatable bonds is 5. The van der Waals surface area contributed by atoms with Gasteiger partial charge in [-0.15, -0.1) is 0 Å². The summed E-state index contributed by atoms with van der Waals surface area (Å²) in [6, 6.07) is 6.60. The molecule has 0 saturated carbocycles. The van der Waals surface area contributed by atoms with Gasteiger partial charge in [0.15, 0.2) is 11.5 Å². The molecule has 1 aromatic heterocycles. The van der Waals surface area contributed by atoms with Crippen molar-refractivity contribution in [1.82, 2.24) is 5.43 Å². The molecule has 0 fully saturated rings. The highest BCUT2D eigenvalue weighted by Gasteiger charge is 2.09. The molecule has 0 atom stereocenters. The number of benzene rings is 1. The number of furan rings is 1. The number of amides is 1. The fraction of sp³-hybridized carbons (Fsp3) is 0.143. The van der Waals surface area contributed by atoms with Gasteiger partial charge in [-0.05, 0) is 24.3 Å². The van der Waals surface area contributed by atoms with Gasteiger partial charge in [-0.25, -0.2) is 5.43 Å². The zero-order valence-corrected chi connectivity index (χ0v) is 11.1. The first-order valence-electron chi connectivity index (χ1n) is 5.82. The lowest BCUT2D eigenvalue weighted by Crippen LogP contribution is -2.17. The Balaban J connectivity index is 2.05. The molecule has 0 saturated heterocycles. The minimum absolute atomic E-state index is 0.342. The van der Waals surface area contributed by atoms with E-state index in [1.807, 2.05) is 0 Å². The number of carbonyl (C=O) groups is 1. The van der Waals surface area contributed by atoms with Crippen LogP contribution in [0.4, 0.5) is 0 Å². The first-order valence-corrected chi connectivity index (χ1v) is 5.82. The lowest BCUT2D eigenvalue weighted by atomic mass is 10.2. The Morgan fingerprint density at radius 3 is 2.70 bits per heavy atom. The molecule has 6 heteroatoms. The predicted octanol–water partition coefficient (Wildman–Crippen LogP) is 2.06. The van der Waals surface area contributed by atoms with Crippen molar-refractivity contribution in [3.05, 3.63) is 47.9 Å². The largest absolute Gasteiger partial charge is 0.493 e. The molecule has 1 amide bonds. The van der Waals surface area contributed by atoms with E-state index in [4.69, 9.17) is 13.9 Å². The number of carbonyl (C=O) groups excluding carboxylic acids is 1. The van der Waals surface area contributed by atoms with Crippen LogP contribution < -0.4 is 14.9 Å². The molecular weight excluding hydrogens is 260 g/mol. The van der Waals surface area contributed by atoms with Gasteiger partial charge in [0.05, 0.1) is 33.0 Å². The third kappa shape index (κ3) is 3.17. The van der Waals surface area contributed by atoms with E-state index in [1.165, 1.54) is 33.0 Å². The van der Waals surface area contributed by atoms with Gasteiger partial charge >= 0.3 is 0 Å². The second-order valence-corrected chi connectivity index (χ2v) is 3.83. The number of nitrogens with zero attached hydrogens (tertiary/aromatic N) is 1. The average molecular weight is 274 g/mol. The molecule has 0 spiro atoms. The average Bonchev–Trinajstić information content (AvgIpc) is 2.99. The summed E-state index contributed by atoms with van der Waals surface area (Å²) >= 11 is 0. The fourth-order valence-corrected chi connectivity index (χ4v) is 1.56. The lowest BCUT2D eigenvalue weighted by molar-refractivity contribution is 0.0954. The minimum atomic E-state index is -0.342. The summed E-state index contributed by atoms with van der Waals surface area (Å²) in [6.45, 7) is 0. The Hall–Kier alpha value is -2.76. The van der Waals surface area contributed by atoms with E-state index < -0.39 is 0 Å². The highest BCUT2D eigenvalue weighted by Crippen LogP contribution is 2.27. The standard InChI is InChI=1S/C14H14N2O4/c1-18-12-4-3-11(7-13(12)19-2)14(17)16-15-8-10-5-6-20-9-10/h3-9H,1-2H3,(H,16,17). The van der Waals surface area contributed by atoms with Crippen LogP contribution in [0.1, 0.15) is 15.9 Å². The molecular formula is C14H14N2O4. The molecule has 0 bridgehead atoms. The lowest BCUT2D eigenvalue weighted by Gasteiger charge is -2.08. The summed E-state index contributed by atoms with van der Waals surface area (Å²) in [4.78, 5) is 11.9. The Labute approximate surface area is 116 Å². The smallest absolute Gasteiger partial charge is 0.271 e. The van der Waals surface area contributed by atoms with Crippen LogP contribution in [-0.4, -0.2) is 26.3 Å². The highest BCUT2D eigenvalue weighted by atomic mass is 16.5. The van der Waals surface area contributed by atoms with Gasteiger partial charge in [0.1, 0.15) is 0 Å². The summed E-state index contributed by atoms with van der Waals surface area (Å²) < 4.78 is 15.1. The second kappa shape index (κ2) is 6.42. The maximum absolute atomic E-state index is 11.9. The van der Waals surface area contributed by atoms with Gasteiger partial charge in [0.25, 0.3) is 5.91 Å². The molecule has 1 aromatic carbocycles. The van der Waals surface area contributed by atoms with Crippen molar-refractivity contribution in [1.29, 1.82) is 0 Å². The van der Waals surface area contributed by atoms with Gasteiger partial charge in [0, 0.05) is 11.1 Å². The minimum Gasteiger partial charge on any atom is -0.493 e. The van der Waals surface area contributed by atoms with Gasteiger partial charge in [0.2, 0.25) is 0 Å². The summed E-state index contributed by atoms with van der Waals surface area (Å²) in [5, 5.41) is 3.83. The number of methoxy groups -OCH3 is 2. The molecule has 0 aliphatic rings. The van der Waals surface area contributed by atoms with Crippen molar-refractivity contribution >= 4 is 12.1 Å². The van der Waals surface area contributed by atoms with E-state index in [0.717, 1.165) is 5.56 Å². The Morgan fingerprint density at radius 1 is 1.25 bits per heavy atom. The van der Waals surface area contributed by atoms with E-state index >= 15 is 0 Å². The zero-order valence-electron chi connectivity index (χ0n) is 11.1. The summed E-state index contributed by atoms with van der Waals surface area (Å²) in [5.74, 6) is 0.704. The Kier molecular flexibility index (Phi) is 4.39. The Bertz CT molecular complexity index is 606. The normalized spacial score (nSPS) is 10.5. The third-order valence-electron chi connectivity index (χ3n) is 2.57. The number of ether oxygens (including phenoxy) is 2. The number of hydrogen-bond acceptors (Lipinski definition) is 5. The van der Waals surface area contributed by atoms with Crippen molar-refractivity contribution in [3.8, 4) is 11.5 Å². The van der Waals surface area contributed by atoms with Gasteiger partial charge in [-0.1, -0.05) is 0 Å². The van der Waals surface area contributed by atoms with Crippen LogP contribution in [0.3, 0.4) is 0 Å². The van der Waals surface area contributed by atoms with Crippen molar-refractivity contribution in [2.24, 2.45) is 5.10 Å². The van der Waals surface area contributed by atoms with Crippen molar-refractivity contribution < 1.29 is 18.7 Å². The summed E-state index contributed by atoms with van der Waals surface area (Å²) in [7, 11) is 3.05. The number of hydrazone groups is 1. The molecule has 1 heterocycles. The summed E-state index contributed by atoms with van der Waals surface area (Å²) in [6.07, 6.45) is 4.53. The molecule has 0 aliphatic heterocycles. The van der Waals surface area contributed by atoms with Crippen LogP contribution in [0, 0.1) is 0 Å². The Morgan fingerprint density at radius 2 is 2.05 bits per heavy atom. The van der Waals surface area contributed by atoms with Crippen LogP contribution >= 0.6 is 0 Å². The van der Waals surface area contributed by atoms with Gasteiger partial charge in [-0.2, -0.15) is 5.10 Å². The molecule has 6 nitrogen and oxygen atoms in total. The van der Waals surface area contributed by atoms with E-state index in [9.17, 15) is 4.79 Å². The molecule has 1 N–H and O–H groups in total. The maximum Gasteiger partial charge on any atom is 0.271 e. The first-order chi connectivity index (χ1) is 9.74. The van der Waals surface area contributed by atoms with Gasteiger partial charge < -0.3 is 13.9 Å². The predicted molar refractivity (Wildman–Crippen MR) is 73.3 cm³/mol. The van der Waals surface area contributed by atoms with Crippen LogP contribution in [0.5, 0.6) is 11.5 Å². The van der Waals surface area contributed by atoms with Crippen molar-refractivity contribution in [3.63, 3.8) is 0 Å². The number of nitrogens with one attached hydrogen (secondary N) is 1. The molecule has 0 unspecified atom stereocenters. The zero-order chi connectivity index (χ0) is 14.4. The summed E-state index contributed by atoms with van der Waals surface area (Å²) in [5.41, 5.74) is 3.60. The molecule has 0 radical (unpaired) electrons. The number of hydrogen-bond donors (Lipinski definition) is 1. The first kappa shape index (κ1) is 13.7. The molecule has 0 aliphatic carbocycles. The molecule has 2 rings (SSSR count). The van der Waals surface area contributed by atoms with E-state index in [0.29, 0.717) is 17.1 Å². The maximum atomic E-state index is 11.9. The molecule has 2 aromatic rings. The molecule has 20 heavy (non-hydrogen) atoms. The monoisotopic (exact) mass is 274 g/mol. The van der Waals surface area contributed by atoms with E-state index in [-0.39, 0.29) is 5.91 Å². The van der Waals surface area contributed by atoms with Gasteiger partial charge in [-0.3, -0.25) is 4.79 Å². The highest BCUT2D eigenvalue weighted by molar-refractivity contribution is 5.95. The molecule has 104 valence electrons.